The van der Waals surface area contributed by atoms with Gasteiger partial charge in [0, 0.05) is 45.1 Å². The third kappa shape index (κ3) is 11.3. The van der Waals surface area contributed by atoms with E-state index in [1.54, 1.807) is 0 Å². The SMILES string of the molecule is CCNC(=NCC1CC(=O)N(CCc2ccccc2)C1)NCCCN(C)CC(F)(F)F.I. The summed E-state index contributed by atoms with van der Waals surface area (Å²) in [6.07, 6.45) is -2.26. The van der Waals surface area contributed by atoms with Crippen LogP contribution in [0.5, 0.6) is 0 Å². The summed E-state index contributed by atoms with van der Waals surface area (Å²) >= 11 is 0. The Labute approximate surface area is 206 Å². The molecule has 1 unspecified atom stereocenters. The second-order valence-corrected chi connectivity index (χ2v) is 8.00. The molecule has 0 aromatic heterocycles. The summed E-state index contributed by atoms with van der Waals surface area (Å²) in [5.74, 6) is 0.981. The summed E-state index contributed by atoms with van der Waals surface area (Å²) in [6.45, 7) is 4.57. The zero-order valence-electron chi connectivity index (χ0n) is 18.8. The highest BCUT2D eigenvalue weighted by Gasteiger charge is 2.29. The van der Waals surface area contributed by atoms with E-state index in [0.29, 0.717) is 58.1 Å². The standard InChI is InChI=1S/C22H34F3N5O.HI/c1-3-26-21(27-11-7-12-29(2)17-22(23,24)25)28-15-19-14-20(31)30(16-19)13-10-18-8-5-4-6-9-18;/h4-6,8-9,19H,3,7,10-17H2,1-2H3,(H2,26,27,28);1H. The fraction of sp³-hybridized carbons (Fsp3) is 0.636. The minimum atomic E-state index is -4.17. The molecule has 182 valence electrons. The number of carbonyl (C=O) groups is 1. The van der Waals surface area contributed by atoms with E-state index in [4.69, 9.17) is 0 Å². The highest BCUT2D eigenvalue weighted by atomic mass is 127. The quantitative estimate of drug-likeness (QED) is 0.186. The van der Waals surface area contributed by atoms with Crippen LogP contribution in [0.2, 0.25) is 0 Å². The molecule has 1 atom stereocenters. The van der Waals surface area contributed by atoms with E-state index < -0.39 is 12.7 Å². The Morgan fingerprint density at radius 1 is 1.25 bits per heavy atom. The van der Waals surface area contributed by atoms with Crippen molar-refractivity contribution in [3.8, 4) is 0 Å². The van der Waals surface area contributed by atoms with Gasteiger partial charge in [-0.2, -0.15) is 13.2 Å². The largest absolute Gasteiger partial charge is 0.401 e. The molecule has 0 aliphatic carbocycles. The number of nitrogens with one attached hydrogen (secondary N) is 2. The van der Waals surface area contributed by atoms with Crippen molar-refractivity contribution in [1.29, 1.82) is 0 Å². The molecular weight excluding hydrogens is 534 g/mol. The number of aliphatic imine (C=N–C) groups is 1. The normalized spacial score (nSPS) is 16.9. The van der Waals surface area contributed by atoms with Gasteiger partial charge in [0.1, 0.15) is 0 Å². The third-order valence-electron chi connectivity index (χ3n) is 5.12. The molecule has 0 radical (unpaired) electrons. The Balaban J connectivity index is 0.00000512. The summed E-state index contributed by atoms with van der Waals surface area (Å²) in [4.78, 5) is 20.1. The number of rotatable bonds is 11. The maximum Gasteiger partial charge on any atom is 0.401 e. The van der Waals surface area contributed by atoms with E-state index >= 15 is 0 Å². The number of carbonyl (C=O) groups excluding carboxylic acids is 1. The van der Waals surface area contributed by atoms with Crippen LogP contribution in [-0.2, 0) is 11.2 Å². The van der Waals surface area contributed by atoms with Crippen molar-refractivity contribution >= 4 is 35.8 Å². The van der Waals surface area contributed by atoms with Gasteiger partial charge in [-0.05, 0) is 38.9 Å². The Kier molecular flexibility index (Phi) is 13.0. The lowest BCUT2D eigenvalue weighted by atomic mass is 10.1. The molecule has 1 heterocycles. The van der Waals surface area contributed by atoms with E-state index in [1.807, 2.05) is 30.0 Å². The number of hydrogen-bond acceptors (Lipinski definition) is 3. The molecule has 0 spiro atoms. The fourth-order valence-corrected chi connectivity index (χ4v) is 3.60. The van der Waals surface area contributed by atoms with Crippen LogP contribution in [-0.4, -0.2) is 80.7 Å². The van der Waals surface area contributed by atoms with Gasteiger partial charge in [0.25, 0.3) is 0 Å². The lowest BCUT2D eigenvalue weighted by molar-refractivity contribution is -0.143. The van der Waals surface area contributed by atoms with Crippen LogP contribution in [0.4, 0.5) is 13.2 Å². The number of guanidine groups is 1. The molecule has 1 aromatic carbocycles. The fourth-order valence-electron chi connectivity index (χ4n) is 3.60. The van der Waals surface area contributed by atoms with Crippen LogP contribution in [0.15, 0.2) is 35.3 Å². The van der Waals surface area contributed by atoms with Crippen molar-refractivity contribution in [1.82, 2.24) is 20.4 Å². The molecule has 1 fully saturated rings. The van der Waals surface area contributed by atoms with Crippen molar-refractivity contribution in [3.63, 3.8) is 0 Å². The molecule has 1 amide bonds. The van der Waals surface area contributed by atoms with Crippen molar-refractivity contribution in [2.75, 3.05) is 52.9 Å². The highest BCUT2D eigenvalue weighted by Crippen LogP contribution is 2.19. The number of amides is 1. The van der Waals surface area contributed by atoms with Crippen molar-refractivity contribution in [2.24, 2.45) is 10.9 Å². The second-order valence-electron chi connectivity index (χ2n) is 8.00. The van der Waals surface area contributed by atoms with Gasteiger partial charge < -0.3 is 15.5 Å². The molecule has 1 aliphatic rings. The Bertz CT molecular complexity index is 703. The number of nitrogens with zero attached hydrogens (tertiary/aromatic N) is 3. The number of likely N-dealkylation sites (tertiary alicyclic amines) is 1. The summed E-state index contributed by atoms with van der Waals surface area (Å²) < 4.78 is 37.1. The van der Waals surface area contributed by atoms with Crippen LogP contribution in [0, 0.1) is 5.92 Å². The number of hydrogen-bond donors (Lipinski definition) is 2. The first kappa shape index (κ1) is 28.5. The minimum Gasteiger partial charge on any atom is -0.357 e. The topological polar surface area (TPSA) is 60.0 Å². The first-order valence-corrected chi connectivity index (χ1v) is 10.9. The third-order valence-corrected chi connectivity index (χ3v) is 5.12. The average Bonchev–Trinajstić information content (AvgIpc) is 3.06. The van der Waals surface area contributed by atoms with E-state index in [9.17, 15) is 18.0 Å². The van der Waals surface area contributed by atoms with Crippen LogP contribution >= 0.6 is 24.0 Å². The molecule has 0 saturated carbocycles. The molecule has 6 nitrogen and oxygen atoms in total. The Morgan fingerprint density at radius 3 is 2.62 bits per heavy atom. The van der Waals surface area contributed by atoms with Gasteiger partial charge in [-0.25, -0.2) is 0 Å². The molecule has 1 aromatic rings. The van der Waals surface area contributed by atoms with Gasteiger partial charge in [0.05, 0.1) is 6.54 Å². The van der Waals surface area contributed by atoms with Gasteiger partial charge in [-0.1, -0.05) is 30.3 Å². The van der Waals surface area contributed by atoms with E-state index in [1.165, 1.54) is 17.5 Å². The summed E-state index contributed by atoms with van der Waals surface area (Å²) in [7, 11) is 1.47. The maximum absolute atomic E-state index is 12.4. The van der Waals surface area contributed by atoms with E-state index in [0.717, 1.165) is 6.42 Å². The summed E-state index contributed by atoms with van der Waals surface area (Å²) in [5.41, 5.74) is 1.22. The van der Waals surface area contributed by atoms with Crippen molar-refractivity contribution < 1.29 is 18.0 Å². The predicted molar refractivity (Wildman–Crippen MR) is 132 cm³/mol. The average molecular weight is 569 g/mol. The lowest BCUT2D eigenvalue weighted by Gasteiger charge is -2.19. The number of benzene rings is 1. The number of alkyl halides is 3. The van der Waals surface area contributed by atoms with Crippen LogP contribution in [0.25, 0.3) is 0 Å². The predicted octanol–water partition coefficient (Wildman–Crippen LogP) is 3.13. The molecule has 10 heteroatoms. The second kappa shape index (κ2) is 14.6. The Hall–Kier alpha value is -1.56. The molecule has 32 heavy (non-hydrogen) atoms. The first-order chi connectivity index (χ1) is 14.8. The van der Waals surface area contributed by atoms with Crippen molar-refractivity contribution in [2.45, 2.75) is 32.4 Å². The van der Waals surface area contributed by atoms with Gasteiger partial charge in [0.15, 0.2) is 5.96 Å². The molecule has 1 aliphatic heterocycles. The lowest BCUT2D eigenvalue weighted by Crippen LogP contribution is -2.39. The van der Waals surface area contributed by atoms with Gasteiger partial charge in [-0.15, -0.1) is 24.0 Å². The molecule has 2 N–H and O–H groups in total. The molecule has 1 saturated heterocycles. The molecule has 2 rings (SSSR count). The van der Waals surface area contributed by atoms with Crippen LogP contribution in [0.3, 0.4) is 0 Å². The Morgan fingerprint density at radius 2 is 1.97 bits per heavy atom. The first-order valence-electron chi connectivity index (χ1n) is 10.9. The smallest absolute Gasteiger partial charge is 0.357 e. The maximum atomic E-state index is 12.4. The van der Waals surface area contributed by atoms with Crippen LogP contribution in [0.1, 0.15) is 25.3 Å². The summed E-state index contributed by atoms with van der Waals surface area (Å²) in [6, 6.07) is 10.1. The van der Waals surface area contributed by atoms with Gasteiger partial charge in [-0.3, -0.25) is 14.7 Å². The minimum absolute atomic E-state index is 0. The van der Waals surface area contributed by atoms with Crippen LogP contribution < -0.4 is 10.6 Å². The number of halogens is 4. The summed E-state index contributed by atoms with van der Waals surface area (Å²) in [5, 5.41) is 6.31. The van der Waals surface area contributed by atoms with E-state index in [-0.39, 0.29) is 35.8 Å². The van der Waals surface area contributed by atoms with Gasteiger partial charge in [0.2, 0.25) is 5.91 Å². The molecule has 0 bridgehead atoms. The van der Waals surface area contributed by atoms with E-state index in [2.05, 4.69) is 27.8 Å². The highest BCUT2D eigenvalue weighted by molar-refractivity contribution is 14.0. The zero-order chi connectivity index (χ0) is 22.7. The molecular formula is C22H35F3IN5O. The van der Waals surface area contributed by atoms with Gasteiger partial charge >= 0.3 is 6.18 Å². The monoisotopic (exact) mass is 569 g/mol. The zero-order valence-corrected chi connectivity index (χ0v) is 21.2. The van der Waals surface area contributed by atoms with Crippen molar-refractivity contribution in [3.05, 3.63) is 35.9 Å².